The van der Waals surface area contributed by atoms with Gasteiger partial charge in [-0.25, -0.2) is 4.39 Å². The molecule has 0 bridgehead atoms. The lowest BCUT2D eigenvalue weighted by Crippen LogP contribution is -2.54. The first kappa shape index (κ1) is 21.6. The van der Waals surface area contributed by atoms with Gasteiger partial charge in [0.15, 0.2) is 11.6 Å². The van der Waals surface area contributed by atoms with Gasteiger partial charge >= 0.3 is 6.01 Å². The van der Waals surface area contributed by atoms with Crippen molar-refractivity contribution < 1.29 is 9.13 Å². The minimum atomic E-state index is -0.379. The molecule has 2 N–H and O–H groups in total. The Morgan fingerprint density at radius 1 is 1.09 bits per heavy atom. The summed E-state index contributed by atoms with van der Waals surface area (Å²) in [5, 5.41) is 6.79. The number of nitrogens with zero attached hydrogens (tertiary/aromatic N) is 4. The van der Waals surface area contributed by atoms with E-state index >= 15 is 4.39 Å². The van der Waals surface area contributed by atoms with Crippen LogP contribution in [0.3, 0.4) is 0 Å². The number of aromatic nitrogens is 2. The highest BCUT2D eigenvalue weighted by molar-refractivity contribution is 6.05. The van der Waals surface area contributed by atoms with Crippen LogP contribution in [0.4, 0.5) is 16.0 Å². The van der Waals surface area contributed by atoms with E-state index in [1.54, 1.807) is 6.07 Å². The normalized spacial score (nSPS) is 22.0. The fourth-order valence-electron chi connectivity index (χ4n) is 4.64. The van der Waals surface area contributed by atoms with Gasteiger partial charge in [0, 0.05) is 36.8 Å². The predicted molar refractivity (Wildman–Crippen MR) is 130 cm³/mol. The average Bonchev–Trinajstić information content (AvgIpc) is 3.34. The van der Waals surface area contributed by atoms with Crippen molar-refractivity contribution in [1.29, 1.82) is 0 Å². The second-order valence-corrected chi connectivity index (χ2v) is 9.30. The number of hydrogen-bond donors (Lipinski definition) is 2. The van der Waals surface area contributed by atoms with E-state index < -0.39 is 0 Å². The maximum atomic E-state index is 15.2. The van der Waals surface area contributed by atoms with Crippen LogP contribution in [0, 0.1) is 5.82 Å². The van der Waals surface area contributed by atoms with Gasteiger partial charge in [-0.05, 0) is 57.4 Å². The molecule has 1 fully saturated rings. The Morgan fingerprint density at radius 3 is 2.61 bits per heavy atom. The maximum absolute atomic E-state index is 15.2. The summed E-state index contributed by atoms with van der Waals surface area (Å²) < 4.78 is 21.1. The number of piperazine rings is 1. The van der Waals surface area contributed by atoms with Gasteiger partial charge in [-0.3, -0.25) is 4.99 Å². The summed E-state index contributed by atoms with van der Waals surface area (Å²) in [7, 11) is 0. The van der Waals surface area contributed by atoms with E-state index in [2.05, 4.69) is 44.3 Å². The fourth-order valence-corrected chi connectivity index (χ4v) is 4.64. The Balaban J connectivity index is 1.48. The van der Waals surface area contributed by atoms with Gasteiger partial charge in [0.2, 0.25) is 0 Å². The van der Waals surface area contributed by atoms with Gasteiger partial charge in [0.05, 0.1) is 6.54 Å². The third-order valence-electron chi connectivity index (χ3n) is 6.01. The van der Waals surface area contributed by atoms with Crippen LogP contribution in [-0.2, 0) is 6.42 Å². The number of ether oxygens (including phenoxy) is 1. The van der Waals surface area contributed by atoms with Gasteiger partial charge in [-0.1, -0.05) is 17.7 Å². The van der Waals surface area contributed by atoms with Crippen LogP contribution in [0.25, 0.3) is 6.08 Å². The molecule has 33 heavy (non-hydrogen) atoms. The summed E-state index contributed by atoms with van der Waals surface area (Å²) in [6.45, 7) is 10.6. The van der Waals surface area contributed by atoms with Crippen molar-refractivity contribution in [3.05, 3.63) is 52.4 Å². The topological polar surface area (TPSA) is 74.7 Å². The molecule has 172 valence electrons. The molecule has 1 aliphatic carbocycles. The lowest BCUT2D eigenvalue weighted by atomic mass is 10.1. The monoisotopic (exact) mass is 448 g/mol. The van der Waals surface area contributed by atoms with Crippen molar-refractivity contribution >= 4 is 23.5 Å². The molecule has 2 aromatic rings. The van der Waals surface area contributed by atoms with Crippen molar-refractivity contribution in [3.63, 3.8) is 0 Å². The molecule has 7 nitrogen and oxygen atoms in total. The predicted octanol–water partition coefficient (Wildman–Crippen LogP) is 4.32. The molecule has 0 amide bonds. The number of fused-ring (bicyclic) bond motifs is 1. The van der Waals surface area contributed by atoms with Crippen LogP contribution in [0.5, 0.6) is 11.8 Å². The highest BCUT2D eigenvalue weighted by atomic mass is 19.1. The van der Waals surface area contributed by atoms with Crippen LogP contribution in [0.1, 0.15) is 38.8 Å². The number of aliphatic imine (C=N–C) groups is 1. The van der Waals surface area contributed by atoms with Crippen molar-refractivity contribution in [3.8, 4) is 11.8 Å². The van der Waals surface area contributed by atoms with E-state index in [1.165, 1.54) is 5.57 Å². The van der Waals surface area contributed by atoms with Gasteiger partial charge in [-0.15, -0.1) is 0 Å². The summed E-state index contributed by atoms with van der Waals surface area (Å²) in [6, 6.07) is 6.20. The lowest BCUT2D eigenvalue weighted by Gasteiger charge is -2.37. The first-order valence-electron chi connectivity index (χ1n) is 11.4. The minimum Gasteiger partial charge on any atom is -0.421 e. The van der Waals surface area contributed by atoms with Crippen LogP contribution in [0.15, 0.2) is 40.4 Å². The number of halogens is 1. The molecule has 5 rings (SSSR count). The highest BCUT2D eigenvalue weighted by Crippen LogP contribution is 2.34. The number of allylic oxidation sites excluding steroid dienone is 1. The molecular formula is C25H29FN6O. The number of anilines is 2. The molecule has 3 aliphatic rings. The second-order valence-electron chi connectivity index (χ2n) is 9.30. The van der Waals surface area contributed by atoms with Crippen LogP contribution in [0.2, 0.25) is 0 Å². The van der Waals surface area contributed by atoms with E-state index in [-0.39, 0.29) is 17.6 Å². The van der Waals surface area contributed by atoms with E-state index in [9.17, 15) is 0 Å². The molecule has 1 saturated heterocycles. The van der Waals surface area contributed by atoms with Crippen molar-refractivity contribution in [1.82, 2.24) is 15.3 Å². The summed E-state index contributed by atoms with van der Waals surface area (Å²) in [5.41, 5.74) is 3.87. The number of nitrogens with one attached hydrogen (secondary N) is 2. The Morgan fingerprint density at radius 2 is 1.88 bits per heavy atom. The van der Waals surface area contributed by atoms with Crippen molar-refractivity contribution in [2.45, 2.75) is 46.2 Å². The second kappa shape index (κ2) is 8.59. The van der Waals surface area contributed by atoms with Crippen molar-refractivity contribution in [2.75, 3.05) is 29.9 Å². The van der Waals surface area contributed by atoms with E-state index in [0.29, 0.717) is 30.0 Å². The van der Waals surface area contributed by atoms with Gasteiger partial charge in [-0.2, -0.15) is 9.97 Å². The summed E-state index contributed by atoms with van der Waals surface area (Å²) in [6.07, 6.45) is 4.63. The van der Waals surface area contributed by atoms with E-state index in [4.69, 9.17) is 4.74 Å². The van der Waals surface area contributed by atoms with E-state index in [1.807, 2.05) is 38.1 Å². The highest BCUT2D eigenvalue weighted by Gasteiger charge is 2.24. The van der Waals surface area contributed by atoms with Crippen LogP contribution < -0.4 is 20.3 Å². The summed E-state index contributed by atoms with van der Waals surface area (Å²) in [5.74, 6) is 1.79. The molecule has 1 aromatic carbocycles. The van der Waals surface area contributed by atoms with Gasteiger partial charge in [0.1, 0.15) is 17.5 Å². The van der Waals surface area contributed by atoms with Gasteiger partial charge < -0.3 is 20.3 Å². The number of benzene rings is 1. The quantitative estimate of drug-likeness (QED) is 0.726. The first-order chi connectivity index (χ1) is 15.8. The Bertz CT molecular complexity index is 1180. The number of amidine groups is 1. The number of rotatable bonds is 4. The van der Waals surface area contributed by atoms with Crippen LogP contribution in [-0.4, -0.2) is 47.5 Å². The zero-order chi connectivity index (χ0) is 23.1. The third-order valence-corrected chi connectivity index (χ3v) is 6.01. The van der Waals surface area contributed by atoms with Gasteiger partial charge in [0.25, 0.3) is 0 Å². The Kier molecular flexibility index (Phi) is 5.62. The first-order valence-corrected chi connectivity index (χ1v) is 11.4. The Hall–Kier alpha value is -3.26. The lowest BCUT2D eigenvalue weighted by molar-refractivity contribution is 0.396. The smallest absolute Gasteiger partial charge is 0.326 e. The molecule has 0 radical (unpaired) electrons. The SMILES string of the molecule is CC1=CC(Nc2cc(N3CC(C)NC(C)C3)nc(Oc3ccc4c(c3F)C=C(C)C4)n2)=NC1. The largest absolute Gasteiger partial charge is 0.421 e. The minimum absolute atomic E-state index is 0.102. The van der Waals surface area contributed by atoms with Crippen molar-refractivity contribution in [2.24, 2.45) is 4.99 Å². The van der Waals surface area contributed by atoms with Crippen LogP contribution >= 0.6 is 0 Å². The zero-order valence-electron chi connectivity index (χ0n) is 19.4. The molecule has 0 saturated carbocycles. The molecule has 2 aliphatic heterocycles. The average molecular weight is 449 g/mol. The molecule has 2 unspecified atom stereocenters. The summed E-state index contributed by atoms with van der Waals surface area (Å²) in [4.78, 5) is 15.8. The fraction of sp³-hybridized carbons (Fsp3) is 0.400. The molecule has 1 aromatic heterocycles. The standard InChI is InChI=1S/C25H29FN6O/c1-14-7-18-5-6-20(24(26)19(18)8-14)33-25-30-22(29-21-9-15(2)11-27-21)10-23(31-25)32-12-16(3)28-17(4)13-32/h5-6,8-10,16-17,28H,7,11-13H2,1-4H3,(H,27,29,30,31). The Labute approximate surface area is 193 Å². The summed E-state index contributed by atoms with van der Waals surface area (Å²) >= 11 is 0. The maximum Gasteiger partial charge on any atom is 0.326 e. The molecule has 8 heteroatoms. The molecule has 0 spiro atoms. The molecule has 2 atom stereocenters. The number of hydrogen-bond acceptors (Lipinski definition) is 7. The molecule has 3 heterocycles. The third kappa shape index (κ3) is 4.61. The van der Waals surface area contributed by atoms with E-state index in [0.717, 1.165) is 42.3 Å². The molecular weight excluding hydrogens is 419 g/mol. The zero-order valence-corrected chi connectivity index (χ0v) is 19.4.